The van der Waals surface area contributed by atoms with Gasteiger partial charge in [0, 0.05) is 34.8 Å². The van der Waals surface area contributed by atoms with Gasteiger partial charge in [-0.2, -0.15) is 5.26 Å². The summed E-state index contributed by atoms with van der Waals surface area (Å²) in [5.41, 5.74) is 4.37. The predicted octanol–water partition coefficient (Wildman–Crippen LogP) is 3.66. The lowest BCUT2D eigenvalue weighted by Crippen LogP contribution is -2.30. The molecule has 3 aromatic carbocycles. The average Bonchev–Trinajstić information content (AvgIpc) is 3.56. The third kappa shape index (κ3) is 4.27. The second kappa shape index (κ2) is 9.70. The van der Waals surface area contributed by atoms with E-state index in [1.807, 2.05) is 30.3 Å². The quantitative estimate of drug-likeness (QED) is 0.316. The van der Waals surface area contributed by atoms with Gasteiger partial charge in [-0.1, -0.05) is 42.5 Å². The van der Waals surface area contributed by atoms with Crippen molar-refractivity contribution in [3.8, 4) is 6.07 Å². The average molecular weight is 476 g/mol. The molecule has 1 atom stereocenters. The molecule has 1 aromatic heterocycles. The summed E-state index contributed by atoms with van der Waals surface area (Å²) in [4.78, 5) is 33.7. The first-order valence-electron chi connectivity index (χ1n) is 11.3. The normalized spacial score (nSPS) is 14.4. The van der Waals surface area contributed by atoms with Gasteiger partial charge in [0.1, 0.15) is 5.82 Å². The van der Waals surface area contributed by atoms with Crippen molar-refractivity contribution in [2.24, 2.45) is 0 Å². The summed E-state index contributed by atoms with van der Waals surface area (Å²) in [6, 6.07) is 22.6. The number of H-pyrrole nitrogens is 1. The summed E-state index contributed by atoms with van der Waals surface area (Å²) in [7, 11) is 0. The van der Waals surface area contributed by atoms with Gasteiger partial charge in [-0.15, -0.1) is 0 Å². The van der Waals surface area contributed by atoms with Crippen molar-refractivity contribution in [1.82, 2.24) is 15.3 Å². The summed E-state index contributed by atoms with van der Waals surface area (Å²) in [6.45, 7) is -0.257. The standard InChI is InChI=1S/C28H21N5O3/c29-15-17-6-8-19(9-7-17)24(26-30-12-13-31-26)25-21-14-20(10-11-22(21)32-28(25)36)27(35)33-23(16-34)18-4-2-1-3-5-18/h1-14,23,34H,16H2,(H,30,31)(H,32,36)(H,33,35)/b25-24-/t23-/m1/s1. The molecule has 0 bridgehead atoms. The Morgan fingerprint density at radius 2 is 1.81 bits per heavy atom. The van der Waals surface area contributed by atoms with Gasteiger partial charge in [-0.25, -0.2) is 4.98 Å². The summed E-state index contributed by atoms with van der Waals surface area (Å²) in [5, 5.41) is 24.7. The molecule has 4 N–H and O–H groups in total. The van der Waals surface area contributed by atoms with Crippen molar-refractivity contribution in [2.45, 2.75) is 6.04 Å². The molecule has 8 heteroatoms. The zero-order chi connectivity index (χ0) is 25.1. The molecule has 5 rings (SSSR count). The number of amides is 2. The van der Waals surface area contributed by atoms with E-state index in [9.17, 15) is 20.0 Å². The van der Waals surface area contributed by atoms with E-state index in [4.69, 9.17) is 0 Å². The zero-order valence-electron chi connectivity index (χ0n) is 19.0. The van der Waals surface area contributed by atoms with E-state index in [1.165, 1.54) is 0 Å². The second-order valence-corrected chi connectivity index (χ2v) is 8.21. The van der Waals surface area contributed by atoms with Crippen LogP contribution in [0, 0.1) is 11.3 Å². The maximum atomic E-state index is 13.2. The lowest BCUT2D eigenvalue weighted by molar-refractivity contribution is -0.110. The Hall–Kier alpha value is -5.00. The number of aliphatic hydroxyl groups excluding tert-OH is 1. The van der Waals surface area contributed by atoms with Crippen LogP contribution in [-0.4, -0.2) is 33.5 Å². The monoisotopic (exact) mass is 475 g/mol. The maximum Gasteiger partial charge on any atom is 0.257 e. The van der Waals surface area contributed by atoms with Crippen molar-refractivity contribution < 1.29 is 14.7 Å². The maximum absolute atomic E-state index is 13.2. The molecule has 0 spiro atoms. The predicted molar refractivity (Wildman–Crippen MR) is 134 cm³/mol. The fraction of sp³-hybridized carbons (Fsp3) is 0.0714. The van der Waals surface area contributed by atoms with Gasteiger partial charge in [0.2, 0.25) is 0 Å². The van der Waals surface area contributed by atoms with Crippen LogP contribution >= 0.6 is 0 Å². The molecule has 0 saturated heterocycles. The third-order valence-electron chi connectivity index (χ3n) is 6.00. The number of aromatic nitrogens is 2. The summed E-state index contributed by atoms with van der Waals surface area (Å²) < 4.78 is 0. The van der Waals surface area contributed by atoms with Crippen molar-refractivity contribution in [3.05, 3.63) is 119 Å². The molecule has 1 aliphatic rings. The Labute approximate surface area is 207 Å². The Balaban J connectivity index is 1.57. The van der Waals surface area contributed by atoms with E-state index in [-0.39, 0.29) is 18.4 Å². The number of hydrogen-bond donors (Lipinski definition) is 4. The number of carbonyl (C=O) groups excluding carboxylic acids is 2. The van der Waals surface area contributed by atoms with Crippen molar-refractivity contribution in [1.29, 1.82) is 5.26 Å². The Morgan fingerprint density at radius 3 is 2.47 bits per heavy atom. The number of nitrogens with zero attached hydrogens (tertiary/aromatic N) is 2. The number of aromatic amines is 1. The molecule has 8 nitrogen and oxygen atoms in total. The zero-order valence-corrected chi connectivity index (χ0v) is 19.0. The lowest BCUT2D eigenvalue weighted by Gasteiger charge is -2.17. The largest absolute Gasteiger partial charge is 0.394 e. The molecule has 1 aliphatic heterocycles. The number of carbonyl (C=O) groups is 2. The molecule has 0 aliphatic carbocycles. The first-order chi connectivity index (χ1) is 17.6. The van der Waals surface area contributed by atoms with E-state index in [0.717, 1.165) is 5.56 Å². The van der Waals surface area contributed by atoms with Crippen LogP contribution in [0.4, 0.5) is 5.69 Å². The highest BCUT2D eigenvalue weighted by atomic mass is 16.3. The lowest BCUT2D eigenvalue weighted by atomic mass is 9.93. The van der Waals surface area contributed by atoms with Gasteiger partial charge in [0.15, 0.2) is 0 Å². The molecule has 0 unspecified atom stereocenters. The molecule has 4 aromatic rings. The minimum Gasteiger partial charge on any atom is -0.394 e. The Bertz CT molecular complexity index is 1500. The van der Waals surface area contributed by atoms with E-state index in [0.29, 0.717) is 44.9 Å². The highest BCUT2D eigenvalue weighted by Gasteiger charge is 2.30. The Morgan fingerprint density at radius 1 is 1.06 bits per heavy atom. The van der Waals surface area contributed by atoms with Crippen LogP contribution in [0.5, 0.6) is 0 Å². The molecular weight excluding hydrogens is 454 g/mol. The fourth-order valence-corrected chi connectivity index (χ4v) is 4.23. The first kappa shape index (κ1) is 22.8. The topological polar surface area (TPSA) is 131 Å². The van der Waals surface area contributed by atoms with E-state index in [2.05, 4.69) is 26.7 Å². The molecule has 176 valence electrons. The minimum atomic E-state index is -0.570. The van der Waals surface area contributed by atoms with Gasteiger partial charge in [-0.05, 0) is 41.5 Å². The van der Waals surface area contributed by atoms with Crippen LogP contribution in [0.1, 0.15) is 44.5 Å². The van der Waals surface area contributed by atoms with Gasteiger partial charge in [0.05, 0.1) is 29.9 Å². The van der Waals surface area contributed by atoms with Crippen LogP contribution in [0.15, 0.2) is 85.2 Å². The van der Waals surface area contributed by atoms with Crippen molar-refractivity contribution in [3.63, 3.8) is 0 Å². The SMILES string of the molecule is N#Cc1ccc(/C(=C2/C(=O)Nc3ccc(C(=O)N[C@H](CO)c4ccccc4)cc32)c2ncc[nH]2)cc1. The molecule has 0 saturated carbocycles. The first-order valence-corrected chi connectivity index (χ1v) is 11.3. The van der Waals surface area contributed by atoms with Gasteiger partial charge < -0.3 is 20.7 Å². The minimum absolute atomic E-state index is 0.257. The second-order valence-electron chi connectivity index (χ2n) is 8.21. The number of rotatable bonds is 6. The van der Waals surface area contributed by atoms with Gasteiger partial charge >= 0.3 is 0 Å². The third-order valence-corrected chi connectivity index (χ3v) is 6.00. The molecule has 2 heterocycles. The number of fused-ring (bicyclic) bond motifs is 1. The number of nitriles is 1. The molecule has 0 fully saturated rings. The van der Waals surface area contributed by atoms with Crippen LogP contribution < -0.4 is 10.6 Å². The number of benzene rings is 3. The Kier molecular flexibility index (Phi) is 6.14. The highest BCUT2D eigenvalue weighted by molar-refractivity contribution is 6.38. The number of nitrogens with one attached hydrogen (secondary N) is 3. The van der Waals surface area contributed by atoms with Gasteiger partial charge in [0.25, 0.3) is 11.8 Å². The smallest absolute Gasteiger partial charge is 0.257 e. The van der Waals surface area contributed by atoms with Crippen LogP contribution in [0.25, 0.3) is 11.1 Å². The van der Waals surface area contributed by atoms with Crippen LogP contribution in [0.3, 0.4) is 0 Å². The summed E-state index contributed by atoms with van der Waals surface area (Å²) >= 11 is 0. The number of hydrogen-bond acceptors (Lipinski definition) is 5. The van der Waals surface area contributed by atoms with Crippen molar-refractivity contribution in [2.75, 3.05) is 11.9 Å². The fourth-order valence-electron chi connectivity index (χ4n) is 4.23. The van der Waals surface area contributed by atoms with E-state index in [1.54, 1.807) is 54.9 Å². The highest BCUT2D eigenvalue weighted by Crippen LogP contribution is 2.39. The number of anilines is 1. The summed E-state index contributed by atoms with van der Waals surface area (Å²) in [6.07, 6.45) is 3.26. The molecule has 0 radical (unpaired) electrons. The number of imidazole rings is 1. The van der Waals surface area contributed by atoms with Crippen LogP contribution in [-0.2, 0) is 4.79 Å². The van der Waals surface area contributed by atoms with Crippen molar-refractivity contribution >= 4 is 28.6 Å². The number of aliphatic hydroxyl groups is 1. The molecular formula is C28H21N5O3. The van der Waals surface area contributed by atoms with E-state index < -0.39 is 6.04 Å². The summed E-state index contributed by atoms with van der Waals surface area (Å²) in [5.74, 6) is -0.217. The van der Waals surface area contributed by atoms with Gasteiger partial charge in [-0.3, -0.25) is 9.59 Å². The molecule has 36 heavy (non-hydrogen) atoms. The molecule has 2 amide bonds. The van der Waals surface area contributed by atoms with Crippen LogP contribution in [0.2, 0.25) is 0 Å². The van der Waals surface area contributed by atoms with E-state index >= 15 is 0 Å².